The average molecular weight is 260 g/mol. The second-order valence-corrected chi connectivity index (χ2v) is 4.08. The number of aryl methyl sites for hydroxylation is 2. The first-order valence-electron chi connectivity index (χ1n) is 6.20. The van der Waals surface area contributed by atoms with E-state index in [1.54, 1.807) is 6.92 Å². The summed E-state index contributed by atoms with van der Waals surface area (Å²) < 4.78 is 4.85. The van der Waals surface area contributed by atoms with Crippen LogP contribution in [0.5, 0.6) is 0 Å². The summed E-state index contributed by atoms with van der Waals surface area (Å²) in [5, 5.41) is 12.2. The van der Waals surface area contributed by atoms with Crippen molar-refractivity contribution in [2.45, 2.75) is 26.8 Å². The molecular formula is C13H16N4O2. The Bertz CT molecular complexity index is 565. The molecule has 6 nitrogen and oxygen atoms in total. The lowest BCUT2D eigenvalue weighted by molar-refractivity contribution is -0.143. The number of rotatable bonds is 5. The fraction of sp³-hybridized carbons (Fsp3) is 0.385. The standard InChI is InChI=1S/C13H16N4O2/c1-3-19-12(18)8-9-17-15-13(14-16-17)11-7-5-4-6-10(11)2/h4-7H,3,8-9H2,1-2H3. The van der Waals surface area contributed by atoms with Crippen LogP contribution < -0.4 is 0 Å². The van der Waals surface area contributed by atoms with Gasteiger partial charge in [0, 0.05) is 5.56 Å². The lowest BCUT2D eigenvalue weighted by Crippen LogP contribution is -2.11. The average Bonchev–Trinajstić information content (AvgIpc) is 2.86. The molecule has 100 valence electrons. The fourth-order valence-corrected chi connectivity index (χ4v) is 1.69. The van der Waals surface area contributed by atoms with Gasteiger partial charge in [0.1, 0.15) is 0 Å². The third-order valence-corrected chi connectivity index (χ3v) is 2.66. The normalized spacial score (nSPS) is 10.4. The van der Waals surface area contributed by atoms with E-state index in [9.17, 15) is 4.79 Å². The summed E-state index contributed by atoms with van der Waals surface area (Å²) >= 11 is 0. The Hall–Kier alpha value is -2.24. The molecular weight excluding hydrogens is 244 g/mol. The number of benzene rings is 1. The van der Waals surface area contributed by atoms with Crippen LogP contribution in [-0.4, -0.2) is 32.8 Å². The first-order chi connectivity index (χ1) is 9.20. The molecule has 0 saturated carbocycles. The molecule has 19 heavy (non-hydrogen) atoms. The molecule has 6 heteroatoms. The van der Waals surface area contributed by atoms with E-state index in [0.29, 0.717) is 19.0 Å². The van der Waals surface area contributed by atoms with Gasteiger partial charge in [-0.25, -0.2) is 0 Å². The van der Waals surface area contributed by atoms with Crippen LogP contribution in [0.2, 0.25) is 0 Å². The fourth-order valence-electron chi connectivity index (χ4n) is 1.69. The maximum atomic E-state index is 11.2. The van der Waals surface area contributed by atoms with Crippen molar-refractivity contribution in [1.29, 1.82) is 0 Å². The first-order valence-corrected chi connectivity index (χ1v) is 6.20. The summed E-state index contributed by atoms with van der Waals surface area (Å²) in [6.45, 7) is 4.53. The van der Waals surface area contributed by atoms with Gasteiger partial charge < -0.3 is 4.74 Å². The second-order valence-electron chi connectivity index (χ2n) is 4.08. The van der Waals surface area contributed by atoms with E-state index < -0.39 is 0 Å². The van der Waals surface area contributed by atoms with Crippen molar-refractivity contribution in [3.05, 3.63) is 29.8 Å². The molecule has 0 fully saturated rings. The maximum Gasteiger partial charge on any atom is 0.307 e. The number of hydrogen-bond acceptors (Lipinski definition) is 5. The topological polar surface area (TPSA) is 69.9 Å². The predicted molar refractivity (Wildman–Crippen MR) is 69.2 cm³/mol. The molecule has 0 N–H and O–H groups in total. The van der Waals surface area contributed by atoms with Gasteiger partial charge in [0.05, 0.1) is 19.6 Å². The SMILES string of the molecule is CCOC(=O)CCn1nnc(-c2ccccc2C)n1. The van der Waals surface area contributed by atoms with E-state index in [1.807, 2.05) is 31.2 Å². The minimum absolute atomic E-state index is 0.247. The molecule has 1 aromatic heterocycles. The monoisotopic (exact) mass is 260 g/mol. The number of aromatic nitrogens is 4. The Labute approximate surface area is 111 Å². The van der Waals surface area contributed by atoms with Gasteiger partial charge in [-0.05, 0) is 24.6 Å². The summed E-state index contributed by atoms with van der Waals surface area (Å²) in [5.74, 6) is 0.319. The quantitative estimate of drug-likeness (QED) is 0.764. The zero-order valence-corrected chi connectivity index (χ0v) is 11.0. The highest BCUT2D eigenvalue weighted by molar-refractivity contribution is 5.69. The second kappa shape index (κ2) is 6.08. The molecule has 0 aliphatic carbocycles. The third-order valence-electron chi connectivity index (χ3n) is 2.66. The van der Waals surface area contributed by atoms with Crippen molar-refractivity contribution in [3.63, 3.8) is 0 Å². The zero-order valence-electron chi connectivity index (χ0n) is 11.0. The number of nitrogens with zero attached hydrogens (tertiary/aromatic N) is 4. The van der Waals surface area contributed by atoms with Crippen molar-refractivity contribution < 1.29 is 9.53 Å². The summed E-state index contributed by atoms with van der Waals surface area (Å²) in [4.78, 5) is 12.7. The predicted octanol–water partition coefficient (Wildman–Crippen LogP) is 1.60. The highest BCUT2D eigenvalue weighted by Gasteiger charge is 2.09. The van der Waals surface area contributed by atoms with Crippen LogP contribution in [0.4, 0.5) is 0 Å². The summed E-state index contributed by atoms with van der Waals surface area (Å²) in [6, 6.07) is 7.84. The lowest BCUT2D eigenvalue weighted by atomic mass is 10.1. The van der Waals surface area contributed by atoms with E-state index >= 15 is 0 Å². The molecule has 1 heterocycles. The highest BCUT2D eigenvalue weighted by atomic mass is 16.5. The number of tetrazole rings is 1. The molecule has 0 spiro atoms. The van der Waals surface area contributed by atoms with Gasteiger partial charge in [-0.2, -0.15) is 4.80 Å². The van der Waals surface area contributed by atoms with Gasteiger partial charge in [-0.15, -0.1) is 10.2 Å². The summed E-state index contributed by atoms with van der Waals surface area (Å²) in [5.41, 5.74) is 2.04. The van der Waals surface area contributed by atoms with Crippen LogP contribution in [0.3, 0.4) is 0 Å². The third kappa shape index (κ3) is 3.37. The van der Waals surface area contributed by atoms with Crippen molar-refractivity contribution in [3.8, 4) is 11.4 Å². The molecule has 2 rings (SSSR count). The molecule has 0 atom stereocenters. The van der Waals surface area contributed by atoms with Gasteiger partial charge in [0.25, 0.3) is 0 Å². The van der Waals surface area contributed by atoms with E-state index in [1.165, 1.54) is 4.80 Å². The van der Waals surface area contributed by atoms with Crippen LogP contribution in [0.15, 0.2) is 24.3 Å². The van der Waals surface area contributed by atoms with E-state index in [-0.39, 0.29) is 12.4 Å². The highest BCUT2D eigenvalue weighted by Crippen LogP contribution is 2.17. The number of ether oxygens (including phenoxy) is 1. The Kier molecular flexibility index (Phi) is 4.22. The van der Waals surface area contributed by atoms with Gasteiger partial charge >= 0.3 is 5.97 Å². The Morgan fingerprint density at radius 2 is 2.16 bits per heavy atom. The van der Waals surface area contributed by atoms with E-state index in [2.05, 4.69) is 15.4 Å². The molecule has 1 aromatic carbocycles. The Morgan fingerprint density at radius 3 is 2.89 bits per heavy atom. The van der Waals surface area contributed by atoms with Gasteiger partial charge in [0.15, 0.2) is 0 Å². The van der Waals surface area contributed by atoms with E-state index in [0.717, 1.165) is 11.1 Å². The molecule has 0 unspecified atom stereocenters. The largest absolute Gasteiger partial charge is 0.466 e. The van der Waals surface area contributed by atoms with Crippen molar-refractivity contribution >= 4 is 5.97 Å². The number of carbonyl (C=O) groups excluding carboxylic acids is 1. The Balaban J connectivity index is 2.04. The number of hydrogen-bond donors (Lipinski definition) is 0. The van der Waals surface area contributed by atoms with Crippen molar-refractivity contribution in [2.75, 3.05) is 6.61 Å². The zero-order chi connectivity index (χ0) is 13.7. The van der Waals surface area contributed by atoms with Gasteiger partial charge in [-0.1, -0.05) is 24.3 Å². The van der Waals surface area contributed by atoms with Crippen LogP contribution in [-0.2, 0) is 16.1 Å². The summed E-state index contributed by atoms with van der Waals surface area (Å²) in [6.07, 6.45) is 0.247. The Morgan fingerprint density at radius 1 is 1.37 bits per heavy atom. The van der Waals surface area contributed by atoms with Crippen molar-refractivity contribution in [2.24, 2.45) is 0 Å². The van der Waals surface area contributed by atoms with Crippen molar-refractivity contribution in [1.82, 2.24) is 20.2 Å². The molecule has 0 aliphatic heterocycles. The molecule has 0 amide bonds. The van der Waals surface area contributed by atoms with Gasteiger partial charge in [0.2, 0.25) is 5.82 Å². The molecule has 0 aliphatic rings. The van der Waals surface area contributed by atoms with Crippen LogP contribution in [0.25, 0.3) is 11.4 Å². The van der Waals surface area contributed by atoms with Crippen LogP contribution in [0, 0.1) is 6.92 Å². The molecule has 0 saturated heterocycles. The lowest BCUT2D eigenvalue weighted by Gasteiger charge is -2.00. The van der Waals surface area contributed by atoms with Crippen LogP contribution >= 0.6 is 0 Å². The smallest absolute Gasteiger partial charge is 0.307 e. The number of carbonyl (C=O) groups is 1. The maximum absolute atomic E-state index is 11.2. The van der Waals surface area contributed by atoms with E-state index in [4.69, 9.17) is 4.74 Å². The number of esters is 1. The van der Waals surface area contributed by atoms with Gasteiger partial charge in [-0.3, -0.25) is 4.79 Å². The summed E-state index contributed by atoms with van der Waals surface area (Å²) in [7, 11) is 0. The minimum atomic E-state index is -0.253. The molecule has 2 aromatic rings. The van der Waals surface area contributed by atoms with Crippen LogP contribution in [0.1, 0.15) is 18.9 Å². The molecule has 0 radical (unpaired) electrons. The first kappa shape index (κ1) is 13.2. The molecule has 0 bridgehead atoms. The minimum Gasteiger partial charge on any atom is -0.466 e.